The molecule has 1 aliphatic heterocycles. The lowest BCUT2D eigenvalue weighted by Crippen LogP contribution is -2.40. The number of non-ortho nitro benzene ring substituents is 1. The third kappa shape index (κ3) is 3.84. The second kappa shape index (κ2) is 8.82. The van der Waals surface area contributed by atoms with Crippen molar-refractivity contribution in [3.63, 3.8) is 0 Å². The van der Waals surface area contributed by atoms with Crippen molar-refractivity contribution in [2.24, 2.45) is 0 Å². The van der Waals surface area contributed by atoms with Crippen molar-refractivity contribution in [3.05, 3.63) is 75.3 Å². The van der Waals surface area contributed by atoms with Crippen molar-refractivity contribution >= 4 is 23.1 Å². The molecule has 166 valence electrons. The van der Waals surface area contributed by atoms with Crippen molar-refractivity contribution in [1.29, 1.82) is 0 Å². The highest BCUT2D eigenvalue weighted by Crippen LogP contribution is 2.43. The van der Waals surface area contributed by atoms with E-state index in [2.05, 4.69) is 0 Å². The zero-order chi connectivity index (χ0) is 22.8. The van der Waals surface area contributed by atoms with Gasteiger partial charge in [0.05, 0.1) is 23.6 Å². The summed E-state index contributed by atoms with van der Waals surface area (Å²) in [5.74, 6) is -1.30. The van der Waals surface area contributed by atoms with Gasteiger partial charge in [-0.15, -0.1) is 0 Å². The van der Waals surface area contributed by atoms with Crippen LogP contribution in [0.3, 0.4) is 0 Å². The largest absolute Gasteiger partial charge is 0.507 e. The molecule has 2 fully saturated rings. The van der Waals surface area contributed by atoms with E-state index in [0.29, 0.717) is 11.3 Å². The average Bonchev–Trinajstić information content (AvgIpc) is 3.09. The number of aliphatic hydroxyl groups excluding tert-OH is 1. The number of benzene rings is 2. The van der Waals surface area contributed by atoms with Crippen LogP contribution in [0.5, 0.6) is 5.75 Å². The van der Waals surface area contributed by atoms with E-state index >= 15 is 0 Å². The van der Waals surface area contributed by atoms with E-state index in [1.807, 2.05) is 0 Å². The van der Waals surface area contributed by atoms with E-state index < -0.39 is 28.4 Å². The van der Waals surface area contributed by atoms with Gasteiger partial charge in [0.25, 0.3) is 17.4 Å². The summed E-state index contributed by atoms with van der Waals surface area (Å²) >= 11 is 0. The standard InChI is InChI=1S/C24H24N2O6/c1-32-19-12-6-7-15(14-19)21-20(22(27)16-8-5-11-18(13-16)26(30)31)23(28)24(29)25(21)17-9-3-2-4-10-17/h5-8,11-14,17,21,27H,2-4,9-10H2,1H3/b22-20-. The third-order valence-corrected chi connectivity index (χ3v) is 6.19. The Kier molecular flexibility index (Phi) is 5.94. The lowest BCUT2D eigenvalue weighted by Gasteiger charge is -2.35. The van der Waals surface area contributed by atoms with E-state index in [-0.39, 0.29) is 22.9 Å². The summed E-state index contributed by atoms with van der Waals surface area (Å²) in [6, 6.07) is 11.6. The van der Waals surface area contributed by atoms with Crippen LogP contribution in [-0.4, -0.2) is 39.8 Å². The van der Waals surface area contributed by atoms with Gasteiger partial charge in [-0.3, -0.25) is 19.7 Å². The van der Waals surface area contributed by atoms with Crippen LogP contribution in [0, 0.1) is 10.1 Å². The maximum Gasteiger partial charge on any atom is 0.295 e. The van der Waals surface area contributed by atoms with Crippen LogP contribution in [-0.2, 0) is 9.59 Å². The third-order valence-electron chi connectivity index (χ3n) is 6.19. The molecule has 1 aliphatic carbocycles. The van der Waals surface area contributed by atoms with Gasteiger partial charge in [-0.1, -0.05) is 43.5 Å². The molecule has 32 heavy (non-hydrogen) atoms. The van der Waals surface area contributed by atoms with E-state index in [0.717, 1.165) is 32.1 Å². The second-order valence-electron chi connectivity index (χ2n) is 8.08. The Bertz CT molecular complexity index is 1100. The van der Waals surface area contributed by atoms with Gasteiger partial charge in [0.2, 0.25) is 0 Å². The minimum absolute atomic E-state index is 0.0608. The highest BCUT2D eigenvalue weighted by atomic mass is 16.6. The first-order valence-electron chi connectivity index (χ1n) is 10.6. The molecule has 4 rings (SSSR count). The van der Waals surface area contributed by atoms with Crippen molar-refractivity contribution in [1.82, 2.24) is 4.90 Å². The zero-order valence-electron chi connectivity index (χ0n) is 17.7. The fraction of sp³-hybridized carbons (Fsp3) is 0.333. The first-order chi connectivity index (χ1) is 15.4. The molecule has 8 heteroatoms. The topological polar surface area (TPSA) is 110 Å². The molecule has 8 nitrogen and oxygen atoms in total. The Balaban J connectivity index is 1.89. The molecular weight excluding hydrogens is 412 g/mol. The predicted molar refractivity (Wildman–Crippen MR) is 117 cm³/mol. The number of hydrogen-bond donors (Lipinski definition) is 1. The van der Waals surface area contributed by atoms with Gasteiger partial charge in [-0.05, 0) is 30.5 Å². The smallest absolute Gasteiger partial charge is 0.295 e. The molecule has 1 heterocycles. The van der Waals surface area contributed by atoms with Gasteiger partial charge in [0.1, 0.15) is 11.5 Å². The second-order valence-corrected chi connectivity index (χ2v) is 8.08. The zero-order valence-corrected chi connectivity index (χ0v) is 17.7. The maximum absolute atomic E-state index is 13.2. The summed E-state index contributed by atoms with van der Waals surface area (Å²) in [5, 5.41) is 22.3. The summed E-state index contributed by atoms with van der Waals surface area (Å²) in [6.45, 7) is 0. The van der Waals surface area contributed by atoms with E-state index in [9.17, 15) is 24.8 Å². The number of nitro groups is 1. The number of carbonyl (C=O) groups excluding carboxylic acids is 2. The van der Waals surface area contributed by atoms with Gasteiger partial charge in [-0.2, -0.15) is 0 Å². The summed E-state index contributed by atoms with van der Waals surface area (Å²) < 4.78 is 5.33. The monoisotopic (exact) mass is 436 g/mol. The number of ketones is 1. The van der Waals surface area contributed by atoms with E-state index in [1.165, 1.54) is 31.4 Å². The Morgan fingerprint density at radius 3 is 2.50 bits per heavy atom. The SMILES string of the molecule is COc1cccc(C2/C(=C(/O)c3cccc([N+](=O)[O-])c3)C(=O)C(=O)N2C2CCCCC2)c1. The van der Waals surface area contributed by atoms with Crippen molar-refractivity contribution in [3.8, 4) is 5.75 Å². The van der Waals surface area contributed by atoms with Crippen molar-refractivity contribution in [2.75, 3.05) is 7.11 Å². The molecule has 0 bridgehead atoms. The normalized spacial score (nSPS) is 21.0. The molecular formula is C24H24N2O6. The summed E-state index contributed by atoms with van der Waals surface area (Å²) in [4.78, 5) is 38.5. The van der Waals surface area contributed by atoms with E-state index in [4.69, 9.17) is 4.74 Å². The number of nitrogens with zero attached hydrogens (tertiary/aromatic N) is 2. The number of likely N-dealkylation sites (tertiary alicyclic amines) is 1. The molecule has 1 atom stereocenters. The molecule has 2 aliphatic rings. The minimum Gasteiger partial charge on any atom is -0.507 e. The molecule has 1 amide bonds. The van der Waals surface area contributed by atoms with Crippen molar-refractivity contribution < 1.29 is 24.4 Å². The van der Waals surface area contributed by atoms with Gasteiger partial charge in [0.15, 0.2) is 0 Å². The van der Waals surface area contributed by atoms with Crippen LogP contribution < -0.4 is 4.74 Å². The fourth-order valence-electron chi connectivity index (χ4n) is 4.65. The molecule has 1 saturated carbocycles. The Hall–Kier alpha value is -3.68. The molecule has 2 aromatic rings. The molecule has 1 unspecified atom stereocenters. The molecule has 1 saturated heterocycles. The molecule has 0 spiro atoms. The quantitative estimate of drug-likeness (QED) is 0.245. The average molecular weight is 436 g/mol. The van der Waals surface area contributed by atoms with Crippen LogP contribution in [0.15, 0.2) is 54.1 Å². The van der Waals surface area contributed by atoms with Crippen LogP contribution >= 0.6 is 0 Å². The maximum atomic E-state index is 13.2. The van der Waals surface area contributed by atoms with Crippen LogP contribution in [0.4, 0.5) is 5.69 Å². The first-order valence-corrected chi connectivity index (χ1v) is 10.6. The Morgan fingerprint density at radius 1 is 1.09 bits per heavy atom. The van der Waals surface area contributed by atoms with Crippen LogP contribution in [0.1, 0.15) is 49.3 Å². The number of ether oxygens (including phenoxy) is 1. The Labute approximate surface area is 185 Å². The molecule has 2 aromatic carbocycles. The summed E-state index contributed by atoms with van der Waals surface area (Å²) in [5.41, 5.74) is 0.484. The van der Waals surface area contributed by atoms with Crippen LogP contribution in [0.2, 0.25) is 0 Å². The van der Waals surface area contributed by atoms with Gasteiger partial charge in [0, 0.05) is 23.7 Å². The predicted octanol–water partition coefficient (Wildman–Crippen LogP) is 4.36. The first kappa shape index (κ1) is 21.5. The van der Waals surface area contributed by atoms with E-state index in [1.54, 1.807) is 29.2 Å². The fourth-order valence-corrected chi connectivity index (χ4v) is 4.65. The van der Waals surface area contributed by atoms with Gasteiger partial charge >= 0.3 is 0 Å². The number of Topliss-reactive ketones (excluding diaryl/α,β-unsaturated/α-hetero) is 1. The number of methoxy groups -OCH3 is 1. The summed E-state index contributed by atoms with van der Waals surface area (Å²) in [6.07, 6.45) is 4.57. The Morgan fingerprint density at radius 2 is 1.81 bits per heavy atom. The number of hydrogen-bond acceptors (Lipinski definition) is 6. The number of aliphatic hydroxyl groups is 1. The number of carbonyl (C=O) groups is 2. The minimum atomic E-state index is -0.799. The van der Waals surface area contributed by atoms with Crippen LogP contribution in [0.25, 0.3) is 5.76 Å². The molecule has 0 radical (unpaired) electrons. The highest BCUT2D eigenvalue weighted by molar-refractivity contribution is 6.46. The highest BCUT2D eigenvalue weighted by Gasteiger charge is 2.49. The molecule has 1 N–H and O–H groups in total. The number of amides is 1. The number of rotatable bonds is 5. The number of nitro benzene ring substituents is 1. The summed E-state index contributed by atoms with van der Waals surface area (Å²) in [7, 11) is 1.53. The van der Waals surface area contributed by atoms with Gasteiger partial charge in [-0.25, -0.2) is 0 Å². The lowest BCUT2D eigenvalue weighted by atomic mass is 9.91. The molecule has 0 aromatic heterocycles. The lowest BCUT2D eigenvalue weighted by molar-refractivity contribution is -0.384. The van der Waals surface area contributed by atoms with Gasteiger partial charge < -0.3 is 14.7 Å². The van der Waals surface area contributed by atoms with Crippen molar-refractivity contribution in [2.45, 2.75) is 44.2 Å².